The first-order valence-corrected chi connectivity index (χ1v) is 23.7. The molecule has 0 aliphatic heterocycles. The van der Waals surface area contributed by atoms with E-state index in [1.54, 1.807) is 0 Å². The second kappa shape index (κ2) is 47.0. The van der Waals surface area contributed by atoms with Gasteiger partial charge in [-0.1, -0.05) is 201 Å². The first kappa shape index (κ1) is 55.3. The lowest BCUT2D eigenvalue weighted by atomic mass is 10.0. The predicted octanol–water partition coefficient (Wildman–Crippen LogP) is 15.4. The van der Waals surface area contributed by atoms with Crippen molar-refractivity contribution in [2.75, 3.05) is 13.2 Å². The number of esters is 3. The lowest BCUT2D eigenvalue weighted by Gasteiger charge is -2.18. The Morgan fingerprint density at radius 1 is 0.356 bits per heavy atom. The Kier molecular flexibility index (Phi) is 44.1. The number of carbonyl (C=O) groups is 3. The molecule has 0 saturated heterocycles. The van der Waals surface area contributed by atoms with Gasteiger partial charge in [0.1, 0.15) is 13.2 Å². The van der Waals surface area contributed by atoms with E-state index < -0.39 is 6.10 Å². The molecule has 59 heavy (non-hydrogen) atoms. The first-order chi connectivity index (χ1) is 29.0. The summed E-state index contributed by atoms with van der Waals surface area (Å²) >= 11 is 0. The number of rotatable bonds is 41. The quantitative estimate of drug-likeness (QED) is 0.0265. The van der Waals surface area contributed by atoms with Crippen molar-refractivity contribution < 1.29 is 28.6 Å². The highest BCUT2D eigenvalue weighted by atomic mass is 16.6. The van der Waals surface area contributed by atoms with E-state index in [2.05, 4.69) is 106 Å². The number of hydrogen-bond donors (Lipinski definition) is 0. The zero-order valence-electron chi connectivity index (χ0n) is 38.0. The van der Waals surface area contributed by atoms with Crippen molar-refractivity contribution in [1.82, 2.24) is 0 Å². The number of unbranched alkanes of at least 4 members (excludes halogenated alkanes) is 14. The number of hydrogen-bond acceptors (Lipinski definition) is 6. The van der Waals surface area contributed by atoms with Gasteiger partial charge >= 0.3 is 17.9 Å². The summed E-state index contributed by atoms with van der Waals surface area (Å²) in [6.07, 6.45) is 61.3. The van der Waals surface area contributed by atoms with Gasteiger partial charge in [0.05, 0.1) is 0 Å². The zero-order chi connectivity index (χ0) is 43.0. The molecule has 0 bridgehead atoms. The van der Waals surface area contributed by atoms with Gasteiger partial charge in [-0.3, -0.25) is 14.4 Å². The van der Waals surface area contributed by atoms with Crippen LogP contribution in [0.4, 0.5) is 0 Å². The molecule has 0 N–H and O–H groups in total. The second-order valence-corrected chi connectivity index (χ2v) is 15.3. The Morgan fingerprint density at radius 2 is 0.695 bits per heavy atom. The standard InChI is InChI=1S/C53H86O6/c1-4-7-10-13-16-19-22-24-26-27-29-31-34-37-40-43-46-52(55)58-49-50(48-57-51(54)45-42-39-36-33-30-21-18-15-12-9-6-3)59-53(56)47-44-41-38-35-32-28-25-23-20-17-14-11-8-5-2/h7,9-10,12,16,18-19,21,24,26,29,31,33,36-37,40,50H,4-6,8,11,13-15,17,20,22-23,25,27-28,30,32,34-35,38-39,41-49H2,1-3H3/b10-7-,12-9-,19-16-,21-18-,26-24-,31-29-,36-33-,40-37-. The largest absolute Gasteiger partial charge is 0.462 e. The third-order valence-corrected chi connectivity index (χ3v) is 9.60. The second-order valence-electron chi connectivity index (χ2n) is 15.3. The van der Waals surface area contributed by atoms with E-state index in [1.165, 1.54) is 70.6 Å². The highest BCUT2D eigenvalue weighted by Gasteiger charge is 2.19. The first-order valence-electron chi connectivity index (χ1n) is 23.7. The normalized spacial score (nSPS) is 12.9. The molecule has 0 aromatic carbocycles. The summed E-state index contributed by atoms with van der Waals surface area (Å²) in [5.74, 6) is -1.07. The van der Waals surface area contributed by atoms with Gasteiger partial charge in [0.25, 0.3) is 0 Å². The predicted molar refractivity (Wildman–Crippen MR) is 251 cm³/mol. The van der Waals surface area contributed by atoms with Crippen molar-refractivity contribution in [2.24, 2.45) is 0 Å². The Balaban J connectivity index is 4.54. The third kappa shape index (κ3) is 45.3. The Hall–Kier alpha value is -3.67. The van der Waals surface area contributed by atoms with Gasteiger partial charge in [-0.15, -0.1) is 0 Å². The maximum absolute atomic E-state index is 12.7. The van der Waals surface area contributed by atoms with Crippen LogP contribution in [0.2, 0.25) is 0 Å². The van der Waals surface area contributed by atoms with Gasteiger partial charge in [-0.2, -0.15) is 0 Å². The minimum absolute atomic E-state index is 0.127. The molecule has 0 radical (unpaired) electrons. The highest BCUT2D eigenvalue weighted by molar-refractivity contribution is 5.71. The zero-order valence-corrected chi connectivity index (χ0v) is 38.0. The molecule has 0 aromatic rings. The maximum Gasteiger partial charge on any atom is 0.306 e. The van der Waals surface area contributed by atoms with E-state index in [4.69, 9.17) is 14.2 Å². The van der Waals surface area contributed by atoms with Crippen molar-refractivity contribution in [3.05, 3.63) is 97.2 Å². The van der Waals surface area contributed by atoms with E-state index in [1.807, 2.05) is 12.2 Å². The molecule has 0 saturated carbocycles. The molecule has 0 aliphatic carbocycles. The van der Waals surface area contributed by atoms with E-state index in [0.717, 1.165) is 77.0 Å². The Bertz CT molecular complexity index is 1220. The van der Waals surface area contributed by atoms with Gasteiger partial charge in [-0.05, 0) is 77.0 Å². The molecule has 0 fully saturated rings. The van der Waals surface area contributed by atoms with Crippen LogP contribution in [0.3, 0.4) is 0 Å². The molecule has 6 nitrogen and oxygen atoms in total. The topological polar surface area (TPSA) is 78.9 Å². The van der Waals surface area contributed by atoms with Crippen molar-refractivity contribution in [1.29, 1.82) is 0 Å². The fourth-order valence-corrected chi connectivity index (χ4v) is 6.10. The summed E-state index contributed by atoms with van der Waals surface area (Å²) in [5.41, 5.74) is 0. The summed E-state index contributed by atoms with van der Waals surface area (Å²) < 4.78 is 16.6. The third-order valence-electron chi connectivity index (χ3n) is 9.60. The molecule has 0 heterocycles. The lowest BCUT2D eigenvalue weighted by Crippen LogP contribution is -2.30. The summed E-state index contributed by atoms with van der Waals surface area (Å²) in [6, 6.07) is 0. The van der Waals surface area contributed by atoms with Crippen LogP contribution < -0.4 is 0 Å². The molecule has 0 aromatic heterocycles. The van der Waals surface area contributed by atoms with Gasteiger partial charge in [0.2, 0.25) is 0 Å². The molecule has 1 unspecified atom stereocenters. The number of allylic oxidation sites excluding steroid dienone is 16. The number of ether oxygens (including phenoxy) is 3. The minimum Gasteiger partial charge on any atom is -0.462 e. The van der Waals surface area contributed by atoms with Gasteiger partial charge < -0.3 is 14.2 Å². The number of carbonyl (C=O) groups excluding carboxylic acids is 3. The van der Waals surface area contributed by atoms with Crippen LogP contribution in [0.5, 0.6) is 0 Å². The van der Waals surface area contributed by atoms with Crippen molar-refractivity contribution in [2.45, 2.75) is 207 Å². The van der Waals surface area contributed by atoms with Crippen LogP contribution in [0.25, 0.3) is 0 Å². The van der Waals surface area contributed by atoms with Crippen LogP contribution in [-0.4, -0.2) is 37.2 Å². The maximum atomic E-state index is 12.7. The van der Waals surface area contributed by atoms with Gasteiger partial charge in [0.15, 0.2) is 6.10 Å². The van der Waals surface area contributed by atoms with Crippen molar-refractivity contribution in [3.8, 4) is 0 Å². The van der Waals surface area contributed by atoms with E-state index >= 15 is 0 Å². The van der Waals surface area contributed by atoms with Crippen LogP contribution in [0.15, 0.2) is 97.2 Å². The highest BCUT2D eigenvalue weighted by Crippen LogP contribution is 2.14. The molecule has 0 aliphatic rings. The van der Waals surface area contributed by atoms with Crippen LogP contribution in [-0.2, 0) is 28.6 Å². The molecular weight excluding hydrogens is 733 g/mol. The van der Waals surface area contributed by atoms with E-state index in [-0.39, 0.29) is 44.0 Å². The molecule has 334 valence electrons. The summed E-state index contributed by atoms with van der Waals surface area (Å²) in [7, 11) is 0. The average Bonchev–Trinajstić information content (AvgIpc) is 3.23. The van der Waals surface area contributed by atoms with Crippen LogP contribution in [0, 0.1) is 0 Å². The molecule has 0 amide bonds. The smallest absolute Gasteiger partial charge is 0.306 e. The molecule has 6 heteroatoms. The van der Waals surface area contributed by atoms with Gasteiger partial charge in [0, 0.05) is 19.3 Å². The molecular formula is C53H86O6. The van der Waals surface area contributed by atoms with Crippen LogP contribution in [0.1, 0.15) is 201 Å². The van der Waals surface area contributed by atoms with E-state index in [0.29, 0.717) is 19.3 Å². The molecule has 0 spiro atoms. The molecule has 1 atom stereocenters. The van der Waals surface area contributed by atoms with Crippen molar-refractivity contribution >= 4 is 17.9 Å². The van der Waals surface area contributed by atoms with Gasteiger partial charge in [-0.25, -0.2) is 0 Å². The SMILES string of the molecule is CC/C=C\C/C=C\C/C=C\C/C=C\C/C=C\CCC(=O)OCC(COC(=O)CCC/C=C\C/C=C\C/C=C\CC)OC(=O)CCCCCCCCCCCCCCCC. The fourth-order valence-electron chi connectivity index (χ4n) is 6.10. The average molecular weight is 819 g/mol. The summed E-state index contributed by atoms with van der Waals surface area (Å²) in [4.78, 5) is 37.8. The molecule has 0 rings (SSSR count). The van der Waals surface area contributed by atoms with Crippen LogP contribution >= 0.6 is 0 Å². The lowest BCUT2D eigenvalue weighted by molar-refractivity contribution is -0.166. The fraction of sp³-hybridized carbons (Fsp3) is 0.642. The summed E-state index contributed by atoms with van der Waals surface area (Å²) in [6.45, 7) is 6.27. The van der Waals surface area contributed by atoms with Crippen molar-refractivity contribution in [3.63, 3.8) is 0 Å². The Labute approximate surface area is 362 Å². The summed E-state index contributed by atoms with van der Waals surface area (Å²) in [5, 5.41) is 0. The minimum atomic E-state index is -0.824. The Morgan fingerprint density at radius 3 is 1.12 bits per heavy atom. The van der Waals surface area contributed by atoms with E-state index in [9.17, 15) is 14.4 Å². The monoisotopic (exact) mass is 819 g/mol.